The minimum atomic E-state index is 0.0140. The zero-order chi connectivity index (χ0) is 17.6. The SMILES string of the molecule is CN1c2cc(Cl)ccc2OCC1CC(=O)NCCCc1ccccc1. The largest absolute Gasteiger partial charge is 0.489 e. The number of ether oxygens (including phenoxy) is 1. The summed E-state index contributed by atoms with van der Waals surface area (Å²) in [6.07, 6.45) is 2.32. The number of carbonyl (C=O) groups is 1. The number of nitrogens with one attached hydrogen (secondary N) is 1. The number of hydrogen-bond donors (Lipinski definition) is 1. The topological polar surface area (TPSA) is 41.6 Å². The van der Waals surface area contributed by atoms with Crippen molar-refractivity contribution in [1.82, 2.24) is 5.32 Å². The molecule has 0 bridgehead atoms. The number of nitrogens with zero attached hydrogens (tertiary/aromatic N) is 1. The molecule has 0 aromatic heterocycles. The van der Waals surface area contributed by atoms with Gasteiger partial charge in [0.15, 0.2) is 0 Å². The summed E-state index contributed by atoms with van der Waals surface area (Å²) in [5.41, 5.74) is 2.23. The minimum absolute atomic E-state index is 0.0140. The maximum absolute atomic E-state index is 12.2. The van der Waals surface area contributed by atoms with E-state index in [1.807, 2.05) is 43.4 Å². The lowest BCUT2D eigenvalue weighted by Gasteiger charge is -2.35. The summed E-state index contributed by atoms with van der Waals surface area (Å²) in [5.74, 6) is 0.866. The Kier molecular flexibility index (Phi) is 5.82. The smallest absolute Gasteiger partial charge is 0.222 e. The van der Waals surface area contributed by atoms with E-state index < -0.39 is 0 Å². The van der Waals surface area contributed by atoms with Gasteiger partial charge < -0.3 is 15.0 Å². The summed E-state index contributed by atoms with van der Waals surface area (Å²) < 4.78 is 5.77. The van der Waals surface area contributed by atoms with Crippen molar-refractivity contribution in [2.24, 2.45) is 0 Å². The number of likely N-dealkylation sites (N-methyl/N-ethyl adjacent to an activating group) is 1. The average Bonchev–Trinajstić information content (AvgIpc) is 2.62. The maximum Gasteiger partial charge on any atom is 0.222 e. The van der Waals surface area contributed by atoms with Gasteiger partial charge in [0.2, 0.25) is 5.91 Å². The lowest BCUT2D eigenvalue weighted by molar-refractivity contribution is -0.121. The van der Waals surface area contributed by atoms with Gasteiger partial charge in [0.1, 0.15) is 12.4 Å². The number of anilines is 1. The number of rotatable bonds is 6. The van der Waals surface area contributed by atoms with E-state index in [9.17, 15) is 4.79 Å². The van der Waals surface area contributed by atoms with Gasteiger partial charge in [0, 0.05) is 18.6 Å². The molecule has 1 heterocycles. The maximum atomic E-state index is 12.2. The van der Waals surface area contributed by atoms with E-state index in [1.165, 1.54) is 5.56 Å². The van der Waals surface area contributed by atoms with Crippen molar-refractivity contribution in [2.45, 2.75) is 25.3 Å². The lowest BCUT2D eigenvalue weighted by atomic mass is 10.1. The van der Waals surface area contributed by atoms with Crippen molar-refractivity contribution in [1.29, 1.82) is 0 Å². The zero-order valence-electron chi connectivity index (χ0n) is 14.4. The first kappa shape index (κ1) is 17.6. The van der Waals surface area contributed by atoms with E-state index in [0.717, 1.165) is 24.3 Å². The number of halogens is 1. The number of fused-ring (bicyclic) bond motifs is 1. The molecule has 1 N–H and O–H groups in total. The molecule has 0 saturated heterocycles. The second-order valence-corrected chi connectivity index (χ2v) is 6.77. The molecule has 3 rings (SSSR count). The summed E-state index contributed by atoms with van der Waals surface area (Å²) in [7, 11) is 1.98. The van der Waals surface area contributed by atoms with Crippen molar-refractivity contribution in [3.8, 4) is 5.75 Å². The molecule has 25 heavy (non-hydrogen) atoms. The molecule has 1 atom stereocenters. The predicted molar refractivity (Wildman–Crippen MR) is 102 cm³/mol. The van der Waals surface area contributed by atoms with Gasteiger partial charge in [-0.25, -0.2) is 0 Å². The second-order valence-electron chi connectivity index (χ2n) is 6.33. The molecule has 1 aliphatic heterocycles. The van der Waals surface area contributed by atoms with Gasteiger partial charge in [0.05, 0.1) is 18.2 Å². The molecule has 5 heteroatoms. The Hall–Kier alpha value is -2.20. The molecule has 0 spiro atoms. The normalized spacial score (nSPS) is 16.1. The Morgan fingerprint density at radius 2 is 2.08 bits per heavy atom. The fourth-order valence-corrected chi connectivity index (χ4v) is 3.20. The number of hydrogen-bond acceptors (Lipinski definition) is 3. The molecular weight excluding hydrogens is 336 g/mol. The highest BCUT2D eigenvalue weighted by atomic mass is 35.5. The minimum Gasteiger partial charge on any atom is -0.489 e. The van der Waals surface area contributed by atoms with Gasteiger partial charge >= 0.3 is 0 Å². The zero-order valence-corrected chi connectivity index (χ0v) is 15.1. The molecule has 1 unspecified atom stereocenters. The van der Waals surface area contributed by atoms with Gasteiger partial charge in [-0.15, -0.1) is 0 Å². The first-order chi connectivity index (χ1) is 12.1. The summed E-state index contributed by atoms with van der Waals surface area (Å²) in [4.78, 5) is 14.3. The fourth-order valence-electron chi connectivity index (χ4n) is 3.03. The molecule has 0 fully saturated rings. The Morgan fingerprint density at radius 3 is 2.88 bits per heavy atom. The van der Waals surface area contributed by atoms with E-state index in [1.54, 1.807) is 0 Å². The lowest BCUT2D eigenvalue weighted by Crippen LogP contribution is -2.43. The van der Waals surface area contributed by atoms with Crippen molar-refractivity contribution in [3.63, 3.8) is 0 Å². The van der Waals surface area contributed by atoms with Crippen LogP contribution in [-0.2, 0) is 11.2 Å². The quantitative estimate of drug-likeness (QED) is 0.801. The molecular formula is C20H23ClN2O2. The molecule has 2 aromatic rings. The molecule has 132 valence electrons. The van der Waals surface area contributed by atoms with Crippen molar-refractivity contribution >= 4 is 23.2 Å². The molecule has 1 aliphatic rings. The Bertz CT molecular complexity index is 721. The first-order valence-electron chi connectivity index (χ1n) is 8.59. The summed E-state index contributed by atoms with van der Waals surface area (Å²) in [6, 6.07) is 15.9. The van der Waals surface area contributed by atoms with Gasteiger partial charge in [0.25, 0.3) is 0 Å². The van der Waals surface area contributed by atoms with Crippen molar-refractivity contribution in [2.75, 3.05) is 25.1 Å². The molecule has 0 saturated carbocycles. The summed E-state index contributed by atoms with van der Waals surface area (Å²) in [5, 5.41) is 3.68. The van der Waals surface area contributed by atoms with E-state index in [4.69, 9.17) is 16.3 Å². The third-order valence-electron chi connectivity index (χ3n) is 4.51. The monoisotopic (exact) mass is 358 g/mol. The van der Waals surface area contributed by atoms with Gasteiger partial charge in [-0.2, -0.15) is 0 Å². The van der Waals surface area contributed by atoms with Gasteiger partial charge in [-0.05, 0) is 36.6 Å². The molecule has 0 radical (unpaired) electrons. The van der Waals surface area contributed by atoms with Crippen LogP contribution in [0.5, 0.6) is 5.75 Å². The van der Waals surface area contributed by atoms with E-state index >= 15 is 0 Å². The average molecular weight is 359 g/mol. The number of amides is 1. The third-order valence-corrected chi connectivity index (χ3v) is 4.74. The third kappa shape index (κ3) is 4.67. The van der Waals surface area contributed by atoms with E-state index in [-0.39, 0.29) is 11.9 Å². The van der Waals surface area contributed by atoms with Crippen LogP contribution in [0, 0.1) is 0 Å². The predicted octanol–water partition coefficient (Wildman–Crippen LogP) is 3.68. The molecule has 2 aromatic carbocycles. The van der Waals surface area contributed by atoms with Crippen molar-refractivity contribution in [3.05, 3.63) is 59.1 Å². The first-order valence-corrected chi connectivity index (χ1v) is 8.97. The molecule has 0 aliphatic carbocycles. The number of carbonyl (C=O) groups excluding carboxylic acids is 1. The van der Waals surface area contributed by atoms with Crippen LogP contribution in [0.4, 0.5) is 5.69 Å². The second kappa shape index (κ2) is 8.26. The highest BCUT2D eigenvalue weighted by molar-refractivity contribution is 6.31. The summed E-state index contributed by atoms with van der Waals surface area (Å²) in [6.45, 7) is 1.19. The Balaban J connectivity index is 1.45. The van der Waals surface area contributed by atoms with Crippen LogP contribution < -0.4 is 15.0 Å². The fraction of sp³-hybridized carbons (Fsp3) is 0.350. The van der Waals surface area contributed by atoms with Crippen LogP contribution in [0.1, 0.15) is 18.4 Å². The van der Waals surface area contributed by atoms with E-state index in [2.05, 4.69) is 22.3 Å². The van der Waals surface area contributed by atoms with Gasteiger partial charge in [-0.3, -0.25) is 4.79 Å². The highest BCUT2D eigenvalue weighted by Gasteiger charge is 2.26. The van der Waals surface area contributed by atoms with Crippen LogP contribution in [0.2, 0.25) is 5.02 Å². The highest BCUT2D eigenvalue weighted by Crippen LogP contribution is 2.35. The molecule has 4 nitrogen and oxygen atoms in total. The van der Waals surface area contributed by atoms with Crippen molar-refractivity contribution < 1.29 is 9.53 Å². The van der Waals surface area contributed by atoms with Crippen LogP contribution in [-0.4, -0.2) is 32.1 Å². The standard InChI is InChI=1S/C20H23ClN2O2/c1-23-17(14-25-19-10-9-16(21)12-18(19)23)13-20(24)22-11-5-8-15-6-3-2-4-7-15/h2-4,6-7,9-10,12,17H,5,8,11,13-14H2,1H3,(H,22,24). The molecule has 1 amide bonds. The van der Waals surface area contributed by atoms with Crippen LogP contribution in [0.15, 0.2) is 48.5 Å². The Labute approximate surface area is 153 Å². The summed E-state index contributed by atoms with van der Waals surface area (Å²) >= 11 is 6.07. The Morgan fingerprint density at radius 1 is 1.28 bits per heavy atom. The van der Waals surface area contributed by atoms with Crippen LogP contribution in [0.3, 0.4) is 0 Å². The van der Waals surface area contributed by atoms with Gasteiger partial charge in [-0.1, -0.05) is 41.9 Å². The number of benzene rings is 2. The van der Waals surface area contributed by atoms with Crippen LogP contribution in [0.25, 0.3) is 0 Å². The van der Waals surface area contributed by atoms with E-state index in [0.29, 0.717) is 24.6 Å². The number of aryl methyl sites for hydroxylation is 1. The van der Waals surface area contributed by atoms with Crippen LogP contribution >= 0.6 is 11.6 Å².